The molecule has 0 radical (unpaired) electrons. The first-order valence-electron chi connectivity index (χ1n) is 4.44. The van der Waals surface area contributed by atoms with Crippen LogP contribution in [-0.4, -0.2) is 20.5 Å². The minimum Gasteiger partial charge on any atom is -0.328 e. The van der Waals surface area contributed by atoms with Gasteiger partial charge in [0.2, 0.25) is 10.0 Å². The summed E-state index contributed by atoms with van der Waals surface area (Å²) in [6.07, 6.45) is 3.59. The van der Waals surface area contributed by atoms with Gasteiger partial charge >= 0.3 is 0 Å². The summed E-state index contributed by atoms with van der Waals surface area (Å²) in [6.45, 7) is 3.24. The van der Waals surface area contributed by atoms with Crippen LogP contribution in [0.4, 0.5) is 0 Å². The number of hydrogen-bond donors (Lipinski definition) is 2. The number of hydrogen-bond acceptors (Lipinski definition) is 3. The lowest BCUT2D eigenvalue weighted by molar-refractivity contribution is 0.372. The lowest BCUT2D eigenvalue weighted by Gasteiger charge is -2.26. The third-order valence-electron chi connectivity index (χ3n) is 2.27. The molecule has 0 amide bonds. The minimum atomic E-state index is -3.28. The Kier molecular flexibility index (Phi) is 3.47. The smallest absolute Gasteiger partial charge is 0.233 e. The molecular weight excluding hydrogens is 188 g/mol. The Labute approximate surface area is 79.2 Å². The fraction of sp³-hybridized carbons (Fsp3) is 0.750. The molecule has 2 atom stereocenters. The second-order valence-electron chi connectivity index (χ2n) is 3.45. The van der Waals surface area contributed by atoms with E-state index in [4.69, 9.17) is 5.73 Å². The molecule has 0 aromatic heterocycles. The van der Waals surface area contributed by atoms with E-state index >= 15 is 0 Å². The van der Waals surface area contributed by atoms with E-state index in [1.165, 1.54) is 0 Å². The van der Waals surface area contributed by atoms with Crippen molar-refractivity contribution < 1.29 is 8.42 Å². The Balaban J connectivity index is 2.49. The summed E-state index contributed by atoms with van der Waals surface area (Å²) in [5.41, 5.74) is 5.72. The first-order chi connectivity index (χ1) is 6.03. The zero-order valence-corrected chi connectivity index (χ0v) is 8.39. The first-order valence-corrected chi connectivity index (χ1v) is 5.98. The van der Waals surface area contributed by atoms with Gasteiger partial charge in [0.1, 0.15) is 0 Å². The monoisotopic (exact) mass is 204 g/mol. The van der Waals surface area contributed by atoms with Crippen LogP contribution in [0.5, 0.6) is 0 Å². The average molecular weight is 204 g/mol. The Hall–Kier alpha value is -0.390. The molecule has 0 aromatic rings. The van der Waals surface area contributed by atoms with Crippen molar-refractivity contribution in [3.63, 3.8) is 0 Å². The second-order valence-corrected chi connectivity index (χ2v) is 5.11. The van der Waals surface area contributed by atoms with Gasteiger partial charge in [0.25, 0.3) is 0 Å². The number of nitrogens with one attached hydrogen (secondary N) is 1. The maximum absolute atomic E-state index is 11.1. The molecule has 3 N–H and O–H groups in total. The van der Waals surface area contributed by atoms with Gasteiger partial charge < -0.3 is 5.73 Å². The molecule has 1 fully saturated rings. The molecule has 4 nitrogen and oxygen atoms in total. The molecule has 0 heterocycles. The number of sulfonamides is 1. The van der Waals surface area contributed by atoms with Gasteiger partial charge in [-0.3, -0.25) is 0 Å². The molecule has 1 rings (SSSR count). The molecule has 1 aliphatic rings. The molecule has 1 unspecified atom stereocenters. The van der Waals surface area contributed by atoms with Crippen LogP contribution in [0, 0.1) is 0 Å². The largest absolute Gasteiger partial charge is 0.328 e. The molecule has 0 aromatic carbocycles. The zero-order valence-electron chi connectivity index (χ0n) is 7.57. The predicted octanol–water partition coefficient (Wildman–Crippen LogP) is 0.319. The van der Waals surface area contributed by atoms with Crippen molar-refractivity contribution in [3.05, 3.63) is 12.0 Å². The highest BCUT2D eigenvalue weighted by Gasteiger charge is 2.21. The van der Waals surface area contributed by atoms with Gasteiger partial charge in [-0.1, -0.05) is 13.0 Å². The lowest BCUT2D eigenvalue weighted by Crippen LogP contribution is -2.41. The van der Waals surface area contributed by atoms with E-state index in [0.717, 1.165) is 31.1 Å². The highest BCUT2D eigenvalue weighted by atomic mass is 32.2. The molecule has 1 aliphatic carbocycles. The molecule has 5 heteroatoms. The van der Waals surface area contributed by atoms with Crippen molar-refractivity contribution in [2.45, 2.75) is 37.8 Å². The first kappa shape index (κ1) is 10.7. The van der Waals surface area contributed by atoms with Gasteiger partial charge in [-0.15, -0.1) is 0 Å². The van der Waals surface area contributed by atoms with Gasteiger partial charge in [-0.05, 0) is 19.3 Å². The molecule has 0 spiro atoms. The van der Waals surface area contributed by atoms with Crippen LogP contribution >= 0.6 is 0 Å². The molecule has 0 aliphatic heterocycles. The highest BCUT2D eigenvalue weighted by Crippen LogP contribution is 2.17. The molecule has 76 valence electrons. The molecule has 1 saturated carbocycles. The topological polar surface area (TPSA) is 72.2 Å². The summed E-state index contributed by atoms with van der Waals surface area (Å²) in [6, 6.07) is 0.123. The van der Waals surface area contributed by atoms with Crippen LogP contribution in [0.15, 0.2) is 12.0 Å². The summed E-state index contributed by atoms with van der Waals surface area (Å²) < 4.78 is 24.8. The maximum Gasteiger partial charge on any atom is 0.233 e. The van der Waals surface area contributed by atoms with E-state index < -0.39 is 10.0 Å². The average Bonchev–Trinajstić information content (AvgIpc) is 2.03. The highest BCUT2D eigenvalue weighted by molar-refractivity contribution is 7.92. The second kappa shape index (κ2) is 4.21. The van der Waals surface area contributed by atoms with Crippen molar-refractivity contribution in [1.82, 2.24) is 4.72 Å². The Bertz CT molecular complexity index is 274. The molecule has 0 saturated heterocycles. The number of rotatable bonds is 3. The summed E-state index contributed by atoms with van der Waals surface area (Å²) in [7, 11) is -3.28. The van der Waals surface area contributed by atoms with Gasteiger partial charge in [0.15, 0.2) is 0 Å². The van der Waals surface area contributed by atoms with Crippen LogP contribution in [0.1, 0.15) is 25.7 Å². The Morgan fingerprint density at radius 2 is 2.15 bits per heavy atom. The van der Waals surface area contributed by atoms with Crippen LogP contribution < -0.4 is 10.5 Å². The predicted molar refractivity (Wildman–Crippen MR) is 52.5 cm³/mol. The number of nitrogens with two attached hydrogens (primary N) is 1. The fourth-order valence-corrected chi connectivity index (χ4v) is 2.39. The van der Waals surface area contributed by atoms with Gasteiger partial charge in [-0.2, -0.15) is 0 Å². The van der Waals surface area contributed by atoms with Gasteiger partial charge in [0, 0.05) is 17.5 Å². The van der Waals surface area contributed by atoms with Crippen LogP contribution in [0.2, 0.25) is 0 Å². The van der Waals surface area contributed by atoms with Crippen LogP contribution in [0.3, 0.4) is 0 Å². The SMILES string of the molecule is C=CS(=O)(=O)N[C@@H]1CCCC(N)C1. The standard InChI is InChI=1S/C8H16N2O2S/c1-2-13(11,12)10-8-5-3-4-7(9)6-8/h2,7-8,10H,1,3-6,9H2/t7?,8-/m1/s1. The van der Waals surface area contributed by atoms with Gasteiger partial charge in [0.05, 0.1) is 0 Å². The molecule has 0 bridgehead atoms. The van der Waals surface area contributed by atoms with Crippen molar-refractivity contribution >= 4 is 10.0 Å². The van der Waals surface area contributed by atoms with E-state index in [0.29, 0.717) is 0 Å². The van der Waals surface area contributed by atoms with E-state index in [1.54, 1.807) is 0 Å². The van der Waals surface area contributed by atoms with E-state index in [-0.39, 0.29) is 12.1 Å². The van der Waals surface area contributed by atoms with E-state index in [1.807, 2.05) is 0 Å². The molecule has 13 heavy (non-hydrogen) atoms. The van der Waals surface area contributed by atoms with Crippen LogP contribution in [-0.2, 0) is 10.0 Å². The third-order valence-corrected chi connectivity index (χ3v) is 3.37. The van der Waals surface area contributed by atoms with E-state index in [9.17, 15) is 8.42 Å². The summed E-state index contributed by atoms with van der Waals surface area (Å²) in [5.74, 6) is 0. The summed E-state index contributed by atoms with van der Waals surface area (Å²) >= 11 is 0. The Morgan fingerprint density at radius 1 is 1.46 bits per heavy atom. The third kappa shape index (κ3) is 3.46. The fourth-order valence-electron chi connectivity index (χ4n) is 1.62. The van der Waals surface area contributed by atoms with Crippen molar-refractivity contribution in [2.24, 2.45) is 5.73 Å². The Morgan fingerprint density at radius 3 is 2.69 bits per heavy atom. The van der Waals surface area contributed by atoms with Crippen molar-refractivity contribution in [2.75, 3.05) is 0 Å². The normalized spacial score (nSPS) is 29.9. The molecular formula is C8H16N2O2S. The lowest BCUT2D eigenvalue weighted by atomic mass is 9.92. The summed E-state index contributed by atoms with van der Waals surface area (Å²) in [5, 5.41) is 0.938. The van der Waals surface area contributed by atoms with Gasteiger partial charge in [-0.25, -0.2) is 13.1 Å². The maximum atomic E-state index is 11.1. The van der Waals surface area contributed by atoms with Crippen molar-refractivity contribution in [3.8, 4) is 0 Å². The minimum absolute atomic E-state index is 0.00764. The van der Waals surface area contributed by atoms with Crippen molar-refractivity contribution in [1.29, 1.82) is 0 Å². The zero-order chi connectivity index (χ0) is 9.90. The summed E-state index contributed by atoms with van der Waals surface area (Å²) in [4.78, 5) is 0. The van der Waals surface area contributed by atoms with Crippen LogP contribution in [0.25, 0.3) is 0 Å². The van der Waals surface area contributed by atoms with E-state index in [2.05, 4.69) is 11.3 Å². The quantitative estimate of drug-likeness (QED) is 0.695.